The van der Waals surface area contributed by atoms with Crippen molar-refractivity contribution in [3.8, 4) is 11.4 Å². The molecule has 0 amide bonds. The number of fused-ring (bicyclic) bond motifs is 1. The lowest BCUT2D eigenvalue weighted by molar-refractivity contribution is 0.0995. The second kappa shape index (κ2) is 5.27. The minimum atomic E-state index is 0.768. The van der Waals surface area contributed by atoms with E-state index in [4.69, 9.17) is 0 Å². The Labute approximate surface area is 124 Å². The maximum Gasteiger partial charge on any atom is 0.110 e. The lowest BCUT2D eigenvalue weighted by atomic mass is 10.1. The molecular formula is C15H22N6. The normalized spacial score (nSPS) is 23.6. The smallest absolute Gasteiger partial charge is 0.110 e. The Hall–Kier alpha value is -1.66. The van der Waals surface area contributed by atoms with E-state index in [1.807, 2.05) is 30.2 Å². The molecule has 21 heavy (non-hydrogen) atoms. The summed E-state index contributed by atoms with van der Waals surface area (Å²) in [6.45, 7) is 5.81. The van der Waals surface area contributed by atoms with Crippen LogP contribution in [0.15, 0.2) is 18.5 Å². The van der Waals surface area contributed by atoms with Gasteiger partial charge >= 0.3 is 0 Å². The lowest BCUT2D eigenvalue weighted by Crippen LogP contribution is -2.49. The number of aromatic amines is 1. The molecule has 2 aromatic rings. The van der Waals surface area contributed by atoms with Crippen molar-refractivity contribution in [3.05, 3.63) is 24.0 Å². The molecule has 6 heteroatoms. The van der Waals surface area contributed by atoms with Crippen molar-refractivity contribution in [1.82, 2.24) is 29.8 Å². The van der Waals surface area contributed by atoms with Gasteiger partial charge in [0.1, 0.15) is 5.69 Å². The second-order valence-corrected chi connectivity index (χ2v) is 6.21. The third kappa shape index (κ3) is 2.49. The van der Waals surface area contributed by atoms with E-state index in [0.29, 0.717) is 0 Å². The molecule has 2 saturated heterocycles. The van der Waals surface area contributed by atoms with E-state index < -0.39 is 0 Å². The monoisotopic (exact) mass is 286 g/mol. The van der Waals surface area contributed by atoms with Gasteiger partial charge in [-0.25, -0.2) is 0 Å². The van der Waals surface area contributed by atoms with Gasteiger partial charge in [0.15, 0.2) is 0 Å². The number of aromatic nitrogens is 4. The number of hydrogen-bond acceptors (Lipinski definition) is 4. The van der Waals surface area contributed by atoms with E-state index in [1.165, 1.54) is 38.0 Å². The Bertz CT molecular complexity index is 615. The SMILES string of the molecule is Cn1ccc(-c2[nH]ncc2CN2CCN3CCC[C@@H]3C2)n1. The Morgan fingerprint density at radius 2 is 2.29 bits per heavy atom. The average molecular weight is 286 g/mol. The van der Waals surface area contributed by atoms with Crippen LogP contribution in [0.1, 0.15) is 18.4 Å². The van der Waals surface area contributed by atoms with Crippen molar-refractivity contribution in [3.63, 3.8) is 0 Å². The van der Waals surface area contributed by atoms with Crippen molar-refractivity contribution in [1.29, 1.82) is 0 Å². The van der Waals surface area contributed by atoms with Crippen LogP contribution in [0, 0.1) is 0 Å². The predicted molar refractivity (Wildman–Crippen MR) is 80.7 cm³/mol. The first kappa shape index (κ1) is 13.0. The highest BCUT2D eigenvalue weighted by Gasteiger charge is 2.30. The largest absolute Gasteiger partial charge is 0.298 e. The van der Waals surface area contributed by atoms with Gasteiger partial charge in [0.2, 0.25) is 0 Å². The van der Waals surface area contributed by atoms with Crippen LogP contribution in [0.3, 0.4) is 0 Å². The van der Waals surface area contributed by atoms with Gasteiger partial charge in [-0.1, -0.05) is 0 Å². The molecule has 2 aromatic heterocycles. The zero-order valence-electron chi connectivity index (χ0n) is 12.5. The van der Waals surface area contributed by atoms with Crippen molar-refractivity contribution < 1.29 is 0 Å². The third-order valence-electron chi connectivity index (χ3n) is 4.75. The van der Waals surface area contributed by atoms with Crippen LogP contribution in [0.5, 0.6) is 0 Å². The average Bonchev–Trinajstić information content (AvgIpc) is 3.18. The summed E-state index contributed by atoms with van der Waals surface area (Å²) in [4.78, 5) is 5.20. The summed E-state index contributed by atoms with van der Waals surface area (Å²) < 4.78 is 1.83. The molecule has 0 unspecified atom stereocenters. The fourth-order valence-corrected chi connectivity index (χ4v) is 3.64. The Morgan fingerprint density at radius 1 is 1.33 bits per heavy atom. The summed E-state index contributed by atoms with van der Waals surface area (Å²) in [6.07, 6.45) is 6.64. The number of rotatable bonds is 3. The van der Waals surface area contributed by atoms with Gasteiger partial charge in [-0.3, -0.25) is 19.6 Å². The van der Waals surface area contributed by atoms with Crippen LogP contribution in [0.25, 0.3) is 11.4 Å². The van der Waals surface area contributed by atoms with Gasteiger partial charge in [0, 0.05) is 51.0 Å². The van der Waals surface area contributed by atoms with E-state index in [9.17, 15) is 0 Å². The summed E-state index contributed by atoms with van der Waals surface area (Å²) in [5, 5.41) is 11.8. The molecule has 0 spiro atoms. The van der Waals surface area contributed by atoms with E-state index >= 15 is 0 Å². The summed E-state index contributed by atoms with van der Waals surface area (Å²) in [6, 6.07) is 2.80. The quantitative estimate of drug-likeness (QED) is 0.918. The van der Waals surface area contributed by atoms with E-state index in [-0.39, 0.29) is 0 Å². The van der Waals surface area contributed by atoms with Gasteiger partial charge in [0.05, 0.1) is 11.9 Å². The first-order chi connectivity index (χ1) is 10.3. The van der Waals surface area contributed by atoms with Crippen molar-refractivity contribution >= 4 is 0 Å². The van der Waals surface area contributed by atoms with Gasteiger partial charge in [-0.2, -0.15) is 10.2 Å². The minimum absolute atomic E-state index is 0.768. The summed E-state index contributed by atoms with van der Waals surface area (Å²) >= 11 is 0. The molecule has 2 fully saturated rings. The van der Waals surface area contributed by atoms with Gasteiger partial charge < -0.3 is 0 Å². The summed E-state index contributed by atoms with van der Waals surface area (Å²) in [5.74, 6) is 0. The van der Waals surface area contributed by atoms with Crippen LogP contribution in [0.4, 0.5) is 0 Å². The number of piperazine rings is 1. The number of nitrogens with zero attached hydrogens (tertiary/aromatic N) is 5. The fourth-order valence-electron chi connectivity index (χ4n) is 3.64. The number of aryl methyl sites for hydroxylation is 1. The highest BCUT2D eigenvalue weighted by molar-refractivity contribution is 5.57. The Kier molecular flexibility index (Phi) is 3.27. The Morgan fingerprint density at radius 3 is 3.14 bits per heavy atom. The van der Waals surface area contributed by atoms with Crippen LogP contribution in [-0.4, -0.2) is 62.0 Å². The molecule has 2 aliphatic rings. The molecule has 1 N–H and O–H groups in total. The Balaban J connectivity index is 1.49. The summed E-state index contributed by atoms with van der Waals surface area (Å²) in [5.41, 5.74) is 3.29. The second-order valence-electron chi connectivity index (χ2n) is 6.21. The van der Waals surface area contributed by atoms with Crippen molar-refractivity contribution in [2.24, 2.45) is 7.05 Å². The molecule has 0 saturated carbocycles. The topological polar surface area (TPSA) is 53.0 Å². The molecule has 1 atom stereocenters. The minimum Gasteiger partial charge on any atom is -0.298 e. The standard InChI is InChI=1S/C15H22N6/c1-19-6-4-14(18-19)15-12(9-16-17-15)10-20-7-8-21-5-2-3-13(21)11-20/h4,6,9,13H,2-3,5,7-8,10-11H2,1H3,(H,16,17)/t13-/m1/s1. The number of nitrogens with one attached hydrogen (secondary N) is 1. The van der Waals surface area contributed by atoms with Crippen molar-refractivity contribution in [2.45, 2.75) is 25.4 Å². The molecular weight excluding hydrogens is 264 g/mol. The highest BCUT2D eigenvalue weighted by atomic mass is 15.3. The van der Waals surface area contributed by atoms with Gasteiger partial charge in [-0.15, -0.1) is 0 Å². The molecule has 4 rings (SSSR count). The van der Waals surface area contributed by atoms with Crippen LogP contribution in [0.2, 0.25) is 0 Å². The lowest BCUT2D eigenvalue weighted by Gasteiger charge is -2.37. The molecule has 0 aliphatic carbocycles. The van der Waals surface area contributed by atoms with E-state index in [0.717, 1.165) is 30.5 Å². The number of hydrogen-bond donors (Lipinski definition) is 1. The van der Waals surface area contributed by atoms with Crippen molar-refractivity contribution in [2.75, 3.05) is 26.2 Å². The predicted octanol–water partition coefficient (Wildman–Crippen LogP) is 1.09. The van der Waals surface area contributed by atoms with Gasteiger partial charge in [-0.05, 0) is 25.5 Å². The molecule has 0 aromatic carbocycles. The molecule has 112 valence electrons. The zero-order chi connectivity index (χ0) is 14.2. The maximum absolute atomic E-state index is 4.48. The molecule has 0 radical (unpaired) electrons. The molecule has 6 nitrogen and oxygen atoms in total. The molecule has 0 bridgehead atoms. The van der Waals surface area contributed by atoms with E-state index in [2.05, 4.69) is 25.1 Å². The first-order valence-electron chi connectivity index (χ1n) is 7.78. The third-order valence-corrected chi connectivity index (χ3v) is 4.75. The van der Waals surface area contributed by atoms with Crippen LogP contribution in [-0.2, 0) is 13.6 Å². The van der Waals surface area contributed by atoms with E-state index in [1.54, 1.807) is 0 Å². The fraction of sp³-hybridized carbons (Fsp3) is 0.600. The first-order valence-corrected chi connectivity index (χ1v) is 7.78. The maximum atomic E-state index is 4.48. The number of H-pyrrole nitrogens is 1. The summed E-state index contributed by atoms with van der Waals surface area (Å²) in [7, 11) is 1.94. The van der Waals surface area contributed by atoms with Gasteiger partial charge in [0.25, 0.3) is 0 Å². The zero-order valence-corrected chi connectivity index (χ0v) is 12.5. The highest BCUT2D eigenvalue weighted by Crippen LogP contribution is 2.25. The molecule has 2 aliphatic heterocycles. The van der Waals surface area contributed by atoms with Crippen LogP contribution >= 0.6 is 0 Å². The van der Waals surface area contributed by atoms with Crippen LogP contribution < -0.4 is 0 Å². The molecule has 4 heterocycles.